The molecule has 11 rings (SSSR count). The second kappa shape index (κ2) is 13.5. The van der Waals surface area contributed by atoms with Crippen LogP contribution >= 0.6 is 0 Å². The van der Waals surface area contributed by atoms with Crippen LogP contribution in [-0.2, 0) is 0 Å². The fourth-order valence-corrected chi connectivity index (χ4v) is 14.2. The second-order valence-electron chi connectivity index (χ2n) is 14.9. The van der Waals surface area contributed by atoms with E-state index in [0.717, 1.165) is 11.4 Å². The van der Waals surface area contributed by atoms with Crippen LogP contribution in [0.1, 0.15) is 0 Å². The minimum Gasteiger partial charge on any atom is -0.307 e. The molecule has 2 aromatic heterocycles. The van der Waals surface area contributed by atoms with Crippen LogP contribution in [0.4, 0.5) is 0 Å². The quantitative estimate of drug-likeness (QED) is 0.114. The molecule has 0 bridgehead atoms. The first-order valence-corrected chi connectivity index (χ1v) is 21.7. The lowest BCUT2D eigenvalue weighted by molar-refractivity contribution is 1.13. The Balaban J connectivity index is 1.23. The normalized spacial score (nSPS) is 11.9. The Morgan fingerprint density at radius 2 is 0.807 bits per heavy atom. The van der Waals surface area contributed by atoms with Gasteiger partial charge in [0.1, 0.15) is 0 Å². The van der Waals surface area contributed by atoms with E-state index in [2.05, 4.69) is 240 Å². The molecule has 0 N–H and O–H groups in total. The van der Waals surface area contributed by atoms with Gasteiger partial charge in [-0.15, -0.1) is 0 Å². The molecule has 2 nitrogen and oxygen atoms in total. The summed E-state index contributed by atoms with van der Waals surface area (Å²) in [7, 11) is -2.74. The van der Waals surface area contributed by atoms with Crippen LogP contribution in [0, 0.1) is 0 Å². The van der Waals surface area contributed by atoms with E-state index in [-0.39, 0.29) is 0 Å². The molecule has 0 aliphatic rings. The topological polar surface area (TPSA) is 9.86 Å². The van der Waals surface area contributed by atoms with Crippen LogP contribution in [0.3, 0.4) is 0 Å². The third kappa shape index (κ3) is 5.17. The molecule has 0 fully saturated rings. The highest BCUT2D eigenvalue weighted by Crippen LogP contribution is 2.40. The zero-order chi connectivity index (χ0) is 37.8. The molecule has 9 aromatic carbocycles. The number of hydrogen-bond acceptors (Lipinski definition) is 0. The van der Waals surface area contributed by atoms with Crippen LogP contribution in [0.25, 0.3) is 66.1 Å². The van der Waals surface area contributed by atoms with Gasteiger partial charge in [-0.1, -0.05) is 194 Å². The average molecular weight is 743 g/mol. The summed E-state index contributed by atoms with van der Waals surface area (Å²) < 4.78 is 4.98. The smallest absolute Gasteiger partial charge is 0.179 e. The van der Waals surface area contributed by atoms with Crippen molar-refractivity contribution in [3.63, 3.8) is 0 Å². The summed E-state index contributed by atoms with van der Waals surface area (Å²) in [5.41, 5.74) is 9.49. The molecule has 0 spiro atoms. The van der Waals surface area contributed by atoms with Crippen LogP contribution in [0.2, 0.25) is 0 Å². The number of nitrogens with zero attached hydrogens (tertiary/aromatic N) is 2. The Bertz CT molecular complexity index is 3110. The molecule has 0 atom stereocenters. The fraction of sp³-hybridized carbons (Fsp3) is 0. The monoisotopic (exact) mass is 742 g/mol. The molecule has 11 aromatic rings. The van der Waals surface area contributed by atoms with Gasteiger partial charge in [0.25, 0.3) is 0 Å². The van der Waals surface area contributed by atoms with Crippen LogP contribution < -0.4 is 20.7 Å². The van der Waals surface area contributed by atoms with Crippen molar-refractivity contribution in [1.82, 2.24) is 9.13 Å². The minimum absolute atomic E-state index is 1.14. The van der Waals surface area contributed by atoms with Gasteiger partial charge >= 0.3 is 0 Å². The molecule has 0 amide bonds. The van der Waals surface area contributed by atoms with E-state index in [1.165, 1.54) is 75.5 Å². The number of aromatic nitrogens is 2. The Morgan fingerprint density at radius 1 is 0.281 bits per heavy atom. The van der Waals surface area contributed by atoms with Crippen molar-refractivity contribution in [1.29, 1.82) is 0 Å². The van der Waals surface area contributed by atoms with E-state index in [0.29, 0.717) is 0 Å². The lowest BCUT2D eigenvalue weighted by atomic mass is 10.0. The average Bonchev–Trinajstić information content (AvgIpc) is 3.81. The molecule has 0 aliphatic heterocycles. The molecule has 0 saturated heterocycles. The third-order valence-corrected chi connectivity index (χ3v) is 16.6. The summed E-state index contributed by atoms with van der Waals surface area (Å²) in [4.78, 5) is 0. The van der Waals surface area contributed by atoms with E-state index in [9.17, 15) is 0 Å². The highest BCUT2D eigenvalue weighted by atomic mass is 28.3. The number of rotatable bonds is 7. The summed E-state index contributed by atoms with van der Waals surface area (Å²) in [6.45, 7) is 0. The Labute approximate surface area is 333 Å². The first-order valence-electron chi connectivity index (χ1n) is 19.7. The highest BCUT2D eigenvalue weighted by molar-refractivity contribution is 7.20. The summed E-state index contributed by atoms with van der Waals surface area (Å²) in [6.07, 6.45) is 0. The van der Waals surface area contributed by atoms with Gasteiger partial charge in [0.05, 0.1) is 27.8 Å². The van der Waals surface area contributed by atoms with Crippen molar-refractivity contribution in [2.45, 2.75) is 0 Å². The molecule has 0 aliphatic carbocycles. The third-order valence-electron chi connectivity index (χ3n) is 11.9. The predicted octanol–water partition coefficient (Wildman–Crippen LogP) is 10.9. The molecule has 57 heavy (non-hydrogen) atoms. The zero-order valence-corrected chi connectivity index (χ0v) is 32.3. The highest BCUT2D eigenvalue weighted by Gasteiger charge is 2.41. The van der Waals surface area contributed by atoms with Crippen molar-refractivity contribution in [3.8, 4) is 22.5 Å². The molecule has 0 saturated carbocycles. The van der Waals surface area contributed by atoms with Gasteiger partial charge in [0.2, 0.25) is 0 Å². The standard InChI is InChI=1S/C54H38N2Si/c1-6-19-39(20-7-1)40-33-35-47-48-30-18-32-52(54(48)55(53(47)37-40)41-21-8-2-9-22-41)56-50-31-17-16-29-46(50)49-38-45(34-36-51(49)56)57(42-23-10-3-11-24-42,43-25-12-4-13-26-43)44-27-14-5-15-28-44/h1-38H. The van der Waals surface area contributed by atoms with Crippen LogP contribution in [0.15, 0.2) is 231 Å². The van der Waals surface area contributed by atoms with E-state index >= 15 is 0 Å². The summed E-state index contributed by atoms with van der Waals surface area (Å²) in [5, 5.41) is 10.5. The van der Waals surface area contributed by atoms with Gasteiger partial charge in [-0.3, -0.25) is 0 Å². The molecule has 268 valence electrons. The van der Waals surface area contributed by atoms with Gasteiger partial charge in [-0.2, -0.15) is 0 Å². The molecule has 2 heterocycles. The molecule has 0 unspecified atom stereocenters. The molecule has 0 radical (unpaired) electrons. The van der Waals surface area contributed by atoms with E-state index < -0.39 is 8.07 Å². The largest absolute Gasteiger partial charge is 0.307 e. The maximum atomic E-state index is 2.52. The lowest BCUT2D eigenvalue weighted by Gasteiger charge is -2.34. The second-order valence-corrected chi connectivity index (χ2v) is 18.7. The van der Waals surface area contributed by atoms with Crippen molar-refractivity contribution in [2.24, 2.45) is 0 Å². The first-order chi connectivity index (χ1) is 28.3. The van der Waals surface area contributed by atoms with Gasteiger partial charge < -0.3 is 9.13 Å². The van der Waals surface area contributed by atoms with Crippen molar-refractivity contribution in [2.75, 3.05) is 0 Å². The Morgan fingerprint density at radius 3 is 1.46 bits per heavy atom. The van der Waals surface area contributed by atoms with Gasteiger partial charge in [-0.05, 0) is 68.3 Å². The Kier molecular flexibility index (Phi) is 7.87. The van der Waals surface area contributed by atoms with Gasteiger partial charge in [0, 0.05) is 27.2 Å². The number of benzene rings is 9. The predicted molar refractivity (Wildman–Crippen MR) is 244 cm³/mol. The minimum atomic E-state index is -2.74. The van der Waals surface area contributed by atoms with E-state index in [4.69, 9.17) is 0 Å². The van der Waals surface area contributed by atoms with Gasteiger partial charge in [-0.25, -0.2) is 0 Å². The zero-order valence-electron chi connectivity index (χ0n) is 31.3. The lowest BCUT2D eigenvalue weighted by Crippen LogP contribution is -2.74. The number of hydrogen-bond donors (Lipinski definition) is 0. The first kappa shape index (κ1) is 33.2. The van der Waals surface area contributed by atoms with Crippen molar-refractivity contribution >= 4 is 72.4 Å². The molecular weight excluding hydrogens is 705 g/mol. The summed E-state index contributed by atoms with van der Waals surface area (Å²) in [5.74, 6) is 0. The number of para-hydroxylation sites is 3. The van der Waals surface area contributed by atoms with Crippen LogP contribution in [0.5, 0.6) is 0 Å². The fourth-order valence-electron chi connectivity index (χ4n) is 9.41. The maximum absolute atomic E-state index is 2.74. The van der Waals surface area contributed by atoms with Gasteiger partial charge in [0.15, 0.2) is 8.07 Å². The van der Waals surface area contributed by atoms with E-state index in [1.807, 2.05) is 0 Å². The maximum Gasteiger partial charge on any atom is 0.179 e. The SMILES string of the molecule is c1ccc(-c2ccc3c4cccc(-n5c6ccccc6c6cc([Si](c7ccccc7)(c7ccccc7)c7ccccc7)ccc65)c4n(-c4ccccc4)c3c2)cc1. The summed E-state index contributed by atoms with van der Waals surface area (Å²) in [6, 6.07) is 85.2. The molecule has 3 heteroatoms. The Hall–Kier alpha value is -7.20. The van der Waals surface area contributed by atoms with E-state index in [1.54, 1.807) is 0 Å². The van der Waals surface area contributed by atoms with Crippen molar-refractivity contribution < 1.29 is 0 Å². The van der Waals surface area contributed by atoms with Crippen molar-refractivity contribution in [3.05, 3.63) is 231 Å². The molecular formula is C54H38N2Si. The summed E-state index contributed by atoms with van der Waals surface area (Å²) >= 11 is 0. The number of fused-ring (bicyclic) bond motifs is 6. The van der Waals surface area contributed by atoms with Crippen LogP contribution in [-0.4, -0.2) is 17.2 Å².